The Morgan fingerprint density at radius 3 is 2.25 bits per heavy atom. The summed E-state index contributed by atoms with van der Waals surface area (Å²) in [6.07, 6.45) is 3.35. The molecule has 0 aromatic rings. The minimum atomic E-state index is -0.513. The van der Waals surface area contributed by atoms with E-state index in [0.29, 0.717) is 0 Å². The fraction of sp³-hybridized carbons (Fsp3) is 1.00. The second-order valence-corrected chi connectivity index (χ2v) is 4.22. The lowest BCUT2D eigenvalue weighted by Crippen LogP contribution is -2.28. The van der Waals surface area contributed by atoms with Gasteiger partial charge in [-0.2, -0.15) is 0 Å². The van der Waals surface area contributed by atoms with E-state index in [1.807, 2.05) is 13.8 Å². The van der Waals surface area contributed by atoms with Crippen molar-refractivity contribution >= 4 is 0 Å². The SMILES string of the molecule is CCCCN(C)CCC(C)(C)O. The quantitative estimate of drug-likeness (QED) is 0.663. The summed E-state index contributed by atoms with van der Waals surface area (Å²) < 4.78 is 0. The maximum atomic E-state index is 9.47. The second-order valence-electron chi connectivity index (χ2n) is 4.22. The van der Waals surface area contributed by atoms with Gasteiger partial charge in [0, 0.05) is 6.54 Å². The molecule has 2 nitrogen and oxygen atoms in total. The molecule has 0 aliphatic heterocycles. The van der Waals surface area contributed by atoms with E-state index in [1.54, 1.807) is 0 Å². The molecule has 0 aliphatic rings. The summed E-state index contributed by atoms with van der Waals surface area (Å²) in [7, 11) is 2.11. The molecule has 0 heterocycles. The monoisotopic (exact) mass is 173 g/mol. The molecule has 0 unspecified atom stereocenters. The fourth-order valence-corrected chi connectivity index (χ4v) is 1.00. The molecule has 0 aliphatic carbocycles. The maximum Gasteiger partial charge on any atom is 0.0603 e. The van der Waals surface area contributed by atoms with Crippen molar-refractivity contribution in [2.45, 2.75) is 45.6 Å². The van der Waals surface area contributed by atoms with Crippen LogP contribution in [0, 0.1) is 0 Å². The van der Waals surface area contributed by atoms with Crippen LogP contribution in [0.15, 0.2) is 0 Å². The van der Waals surface area contributed by atoms with E-state index in [9.17, 15) is 5.11 Å². The van der Waals surface area contributed by atoms with Gasteiger partial charge >= 0.3 is 0 Å². The van der Waals surface area contributed by atoms with E-state index in [0.717, 1.165) is 19.5 Å². The van der Waals surface area contributed by atoms with Crippen LogP contribution in [0.3, 0.4) is 0 Å². The Kier molecular flexibility index (Phi) is 5.51. The van der Waals surface area contributed by atoms with Crippen LogP contribution in [0.1, 0.15) is 40.0 Å². The summed E-state index contributed by atoms with van der Waals surface area (Å²) >= 11 is 0. The molecule has 2 heteroatoms. The lowest BCUT2D eigenvalue weighted by atomic mass is 10.1. The Balaban J connectivity index is 3.37. The highest BCUT2D eigenvalue weighted by Crippen LogP contribution is 2.07. The van der Waals surface area contributed by atoms with Gasteiger partial charge in [0.25, 0.3) is 0 Å². The van der Waals surface area contributed by atoms with Crippen LogP contribution in [0.25, 0.3) is 0 Å². The molecule has 0 saturated carbocycles. The van der Waals surface area contributed by atoms with Crippen molar-refractivity contribution in [3.63, 3.8) is 0 Å². The van der Waals surface area contributed by atoms with Gasteiger partial charge in [-0.05, 0) is 40.3 Å². The average molecular weight is 173 g/mol. The van der Waals surface area contributed by atoms with Gasteiger partial charge in [-0.25, -0.2) is 0 Å². The van der Waals surface area contributed by atoms with Crippen LogP contribution < -0.4 is 0 Å². The Morgan fingerprint density at radius 1 is 1.25 bits per heavy atom. The van der Waals surface area contributed by atoms with Gasteiger partial charge in [0.1, 0.15) is 0 Å². The predicted octanol–water partition coefficient (Wildman–Crippen LogP) is 1.88. The zero-order valence-electron chi connectivity index (χ0n) is 8.93. The van der Waals surface area contributed by atoms with E-state index in [1.165, 1.54) is 12.8 Å². The lowest BCUT2D eigenvalue weighted by Gasteiger charge is -2.22. The highest BCUT2D eigenvalue weighted by Gasteiger charge is 2.12. The molecule has 0 spiro atoms. The van der Waals surface area contributed by atoms with Crippen LogP contribution in [0.2, 0.25) is 0 Å². The first-order valence-electron chi connectivity index (χ1n) is 4.86. The fourth-order valence-electron chi connectivity index (χ4n) is 1.00. The van der Waals surface area contributed by atoms with Crippen LogP contribution in [0.5, 0.6) is 0 Å². The number of unbranched alkanes of at least 4 members (excludes halogenated alkanes) is 1. The number of aliphatic hydroxyl groups is 1. The molecular weight excluding hydrogens is 150 g/mol. The molecule has 12 heavy (non-hydrogen) atoms. The van der Waals surface area contributed by atoms with Gasteiger partial charge in [0.2, 0.25) is 0 Å². The number of nitrogens with zero attached hydrogens (tertiary/aromatic N) is 1. The third-order valence-electron chi connectivity index (χ3n) is 2.00. The van der Waals surface area contributed by atoms with Crippen LogP contribution in [-0.2, 0) is 0 Å². The van der Waals surface area contributed by atoms with Crippen molar-refractivity contribution < 1.29 is 5.11 Å². The highest BCUT2D eigenvalue weighted by molar-refractivity contribution is 4.66. The molecule has 0 fully saturated rings. The standard InChI is InChI=1S/C10H23NO/c1-5-6-8-11(4)9-7-10(2,3)12/h12H,5-9H2,1-4H3. The largest absolute Gasteiger partial charge is 0.390 e. The smallest absolute Gasteiger partial charge is 0.0603 e. The van der Waals surface area contributed by atoms with Crippen LogP contribution in [-0.4, -0.2) is 35.7 Å². The summed E-state index contributed by atoms with van der Waals surface area (Å²) in [4.78, 5) is 2.28. The Morgan fingerprint density at radius 2 is 1.83 bits per heavy atom. The first-order chi connectivity index (χ1) is 5.45. The summed E-state index contributed by atoms with van der Waals surface area (Å²) in [5.41, 5.74) is -0.513. The lowest BCUT2D eigenvalue weighted by molar-refractivity contribution is 0.0606. The second kappa shape index (κ2) is 5.55. The molecule has 0 bridgehead atoms. The minimum absolute atomic E-state index is 0.513. The molecule has 0 rings (SSSR count). The van der Waals surface area contributed by atoms with Crippen molar-refractivity contribution in [3.05, 3.63) is 0 Å². The molecule has 0 radical (unpaired) electrons. The zero-order chi connectivity index (χ0) is 9.61. The van der Waals surface area contributed by atoms with Gasteiger partial charge in [-0.1, -0.05) is 13.3 Å². The van der Waals surface area contributed by atoms with Gasteiger partial charge < -0.3 is 10.0 Å². The minimum Gasteiger partial charge on any atom is -0.390 e. The third-order valence-corrected chi connectivity index (χ3v) is 2.00. The molecule has 0 saturated heterocycles. The first-order valence-corrected chi connectivity index (χ1v) is 4.86. The van der Waals surface area contributed by atoms with Gasteiger partial charge in [-0.3, -0.25) is 0 Å². The maximum absolute atomic E-state index is 9.47. The van der Waals surface area contributed by atoms with E-state index in [-0.39, 0.29) is 0 Å². The molecule has 0 aromatic heterocycles. The van der Waals surface area contributed by atoms with Crippen LogP contribution in [0.4, 0.5) is 0 Å². The Hall–Kier alpha value is -0.0800. The van der Waals surface area contributed by atoms with Gasteiger partial charge in [-0.15, -0.1) is 0 Å². The summed E-state index contributed by atoms with van der Waals surface area (Å²) in [5.74, 6) is 0. The van der Waals surface area contributed by atoms with Crippen molar-refractivity contribution in [1.29, 1.82) is 0 Å². The van der Waals surface area contributed by atoms with E-state index < -0.39 is 5.60 Å². The van der Waals surface area contributed by atoms with Gasteiger partial charge in [0.15, 0.2) is 0 Å². The van der Waals surface area contributed by atoms with Gasteiger partial charge in [0.05, 0.1) is 5.60 Å². The van der Waals surface area contributed by atoms with E-state index >= 15 is 0 Å². The number of hydrogen-bond donors (Lipinski definition) is 1. The zero-order valence-corrected chi connectivity index (χ0v) is 8.93. The molecule has 0 atom stereocenters. The average Bonchev–Trinajstić information content (AvgIpc) is 1.95. The van der Waals surface area contributed by atoms with Crippen molar-refractivity contribution in [3.8, 4) is 0 Å². The molecular formula is C10H23NO. The molecule has 0 amide bonds. The van der Waals surface area contributed by atoms with Crippen LogP contribution >= 0.6 is 0 Å². The molecule has 0 aromatic carbocycles. The van der Waals surface area contributed by atoms with E-state index in [2.05, 4.69) is 18.9 Å². The number of rotatable bonds is 6. The molecule has 74 valence electrons. The number of hydrogen-bond acceptors (Lipinski definition) is 2. The summed E-state index contributed by atoms with van der Waals surface area (Å²) in [6, 6.07) is 0. The third kappa shape index (κ3) is 8.02. The van der Waals surface area contributed by atoms with Crippen molar-refractivity contribution in [1.82, 2.24) is 4.90 Å². The normalized spacial score (nSPS) is 12.5. The summed E-state index contributed by atoms with van der Waals surface area (Å²) in [6.45, 7) is 8.06. The topological polar surface area (TPSA) is 23.5 Å². The van der Waals surface area contributed by atoms with Crippen molar-refractivity contribution in [2.24, 2.45) is 0 Å². The predicted molar refractivity (Wildman–Crippen MR) is 53.3 cm³/mol. The Bertz CT molecular complexity index is 107. The van der Waals surface area contributed by atoms with Crippen molar-refractivity contribution in [2.75, 3.05) is 20.1 Å². The first kappa shape index (κ1) is 11.9. The summed E-state index contributed by atoms with van der Waals surface area (Å²) in [5, 5.41) is 9.47. The Labute approximate surface area is 76.6 Å². The highest BCUT2D eigenvalue weighted by atomic mass is 16.3. The molecule has 1 N–H and O–H groups in total. The van der Waals surface area contributed by atoms with E-state index in [4.69, 9.17) is 0 Å².